The van der Waals surface area contributed by atoms with E-state index in [-0.39, 0.29) is 129 Å². The monoisotopic (exact) mass is 1230 g/mol. The number of aromatic hydroxyl groups is 1. The van der Waals surface area contributed by atoms with Gasteiger partial charge in [0.1, 0.15) is 53.9 Å². The molecule has 20 nitrogen and oxygen atoms in total. The molecular formula is C65H81F2N11O9S. The molecule has 0 aliphatic carbocycles. The summed E-state index contributed by atoms with van der Waals surface area (Å²) >= 11 is 1.59. The fourth-order valence-corrected chi connectivity index (χ4v) is 14.5. The van der Waals surface area contributed by atoms with Gasteiger partial charge in [-0.15, -0.1) is 11.3 Å². The highest BCUT2D eigenvalue weighted by Gasteiger charge is 2.50. The van der Waals surface area contributed by atoms with E-state index in [1.54, 1.807) is 28.5 Å². The van der Waals surface area contributed by atoms with Crippen molar-refractivity contribution in [1.82, 2.24) is 51.0 Å². The predicted molar refractivity (Wildman–Crippen MR) is 331 cm³/mol. The molecule has 6 aromatic rings. The molecule has 11 rings (SSSR count). The van der Waals surface area contributed by atoms with Crippen LogP contribution in [0, 0.1) is 24.0 Å². The summed E-state index contributed by atoms with van der Waals surface area (Å²) < 4.78 is 56.2. The number of hydrogen-bond donors (Lipinski definition) is 5. The highest BCUT2D eigenvalue weighted by molar-refractivity contribution is 7.13. The summed E-state index contributed by atoms with van der Waals surface area (Å²) in [4.78, 5) is 79.8. The SMILES string of the molecule is CCc1c(F)ccc2cc(O)cc(-c3ncc4c(N5CC6CCC(C5)N6)nc(OCC56CCCN5C(COC(=O)NCCOCCOCCC(=O)NC(C(=O)N5CCC[C@H]5C(=O)N[C@@H](C)c5ccc(-c7scnc7C)cc5)C(C)(C)C)CC6)nc4c3F)c12. The summed E-state index contributed by atoms with van der Waals surface area (Å²) in [5.41, 5.74) is 4.44. The Morgan fingerprint density at radius 1 is 0.909 bits per heavy atom. The summed E-state index contributed by atoms with van der Waals surface area (Å²) in [5.74, 6) is -1.57. The van der Waals surface area contributed by atoms with Gasteiger partial charge in [-0.25, -0.2) is 18.6 Å². The normalized spacial score (nSPS) is 21.6. The number of likely N-dealkylation sites (tertiary alicyclic amines) is 1. The first-order chi connectivity index (χ1) is 42.4. The van der Waals surface area contributed by atoms with E-state index in [0.717, 1.165) is 66.8 Å². The third kappa shape index (κ3) is 13.5. The van der Waals surface area contributed by atoms with Crippen LogP contribution in [0.2, 0.25) is 0 Å². The Kier molecular flexibility index (Phi) is 19.1. The number of amides is 4. The number of anilines is 1. The van der Waals surface area contributed by atoms with Crippen LogP contribution < -0.4 is 30.9 Å². The van der Waals surface area contributed by atoms with Crippen molar-refractivity contribution in [3.63, 3.8) is 0 Å². The highest BCUT2D eigenvalue weighted by atomic mass is 32.1. The van der Waals surface area contributed by atoms with Crippen LogP contribution in [-0.2, 0) is 35.0 Å². The number of nitrogens with one attached hydrogen (secondary N) is 4. The summed E-state index contributed by atoms with van der Waals surface area (Å²) in [7, 11) is 0. The van der Waals surface area contributed by atoms with Crippen LogP contribution >= 0.6 is 11.3 Å². The molecule has 5 aliphatic rings. The maximum atomic E-state index is 17.3. The number of fused-ring (bicyclic) bond motifs is 5. The van der Waals surface area contributed by atoms with E-state index in [9.17, 15) is 24.3 Å². The van der Waals surface area contributed by atoms with Gasteiger partial charge >= 0.3 is 12.1 Å². The number of aromatic nitrogens is 4. The second-order valence-electron chi connectivity index (χ2n) is 25.2. The van der Waals surface area contributed by atoms with Gasteiger partial charge in [0, 0.05) is 62.5 Å². The van der Waals surface area contributed by atoms with E-state index < -0.39 is 35.2 Å². The fraction of sp³-hybridized carbons (Fsp3) is 0.538. The Labute approximate surface area is 515 Å². The number of pyridine rings is 1. The standard InChI is InChI=1S/C65H81F2N11O9S/c1-7-47-50(66)18-15-42-30-46(79)31-48(53(42)47)55-54(67)56-49(32-69-55)59(76-33-43-16-17-44(34-76)72-43)75-62(74-56)87-36-65-21-9-25-78(65)45(19-22-65)35-86-63(83)68-23-27-85-29-28-84-26-20-52(80)73-58(64(4,5)6)61(82)77-24-8-10-51(77)60(81)71-38(2)40-11-13-41(14-12-40)57-39(3)70-37-88-57/h11-15,18,30-32,37-38,43-45,51,58,72,79H,7-10,16-17,19-29,33-36H2,1-6H3,(H,68,83)(H,71,81)(H,73,80)/t38-,43?,44?,45?,51-,58?,65?/m0/s1. The number of thiazole rings is 1. The van der Waals surface area contributed by atoms with Crippen molar-refractivity contribution in [2.24, 2.45) is 5.41 Å². The molecule has 23 heteroatoms. The van der Waals surface area contributed by atoms with Crippen molar-refractivity contribution in [3.8, 4) is 33.5 Å². The Hall–Kier alpha value is -7.18. The van der Waals surface area contributed by atoms with Crippen molar-refractivity contribution >= 4 is 62.6 Å². The molecular weight excluding hydrogens is 1150 g/mol. The Morgan fingerprint density at radius 3 is 2.42 bits per heavy atom. The van der Waals surface area contributed by atoms with Crippen molar-refractivity contribution in [3.05, 3.63) is 88.7 Å². The Morgan fingerprint density at radius 2 is 1.68 bits per heavy atom. The molecule has 0 spiro atoms. The predicted octanol–water partition coefficient (Wildman–Crippen LogP) is 8.69. The molecule has 470 valence electrons. The van der Waals surface area contributed by atoms with Gasteiger partial charge in [0.25, 0.3) is 0 Å². The molecule has 3 aromatic heterocycles. The zero-order chi connectivity index (χ0) is 61.9. The fourth-order valence-electron chi connectivity index (χ4n) is 13.7. The lowest BCUT2D eigenvalue weighted by atomic mass is 9.85. The third-order valence-electron chi connectivity index (χ3n) is 18.2. The second kappa shape index (κ2) is 26.9. The Balaban J connectivity index is 0.615. The smallest absolute Gasteiger partial charge is 0.407 e. The van der Waals surface area contributed by atoms with E-state index in [0.29, 0.717) is 66.4 Å². The van der Waals surface area contributed by atoms with Crippen LogP contribution in [0.4, 0.5) is 19.4 Å². The van der Waals surface area contributed by atoms with Crippen molar-refractivity contribution in [2.45, 2.75) is 148 Å². The third-order valence-corrected chi connectivity index (χ3v) is 19.2. The first kappa shape index (κ1) is 62.4. The zero-order valence-corrected chi connectivity index (χ0v) is 51.9. The number of ether oxygens (including phenoxy) is 4. The van der Waals surface area contributed by atoms with Crippen molar-refractivity contribution in [2.75, 3.05) is 77.3 Å². The van der Waals surface area contributed by atoms with Gasteiger partial charge < -0.3 is 55.1 Å². The number of halogens is 2. The second-order valence-corrected chi connectivity index (χ2v) is 26.1. The van der Waals surface area contributed by atoms with Gasteiger partial charge in [-0.2, -0.15) is 9.97 Å². The molecule has 3 aromatic carbocycles. The lowest BCUT2D eigenvalue weighted by Crippen LogP contribution is -2.57. The molecule has 8 heterocycles. The van der Waals surface area contributed by atoms with Crippen molar-refractivity contribution in [1.29, 1.82) is 0 Å². The summed E-state index contributed by atoms with van der Waals surface area (Å²) in [6.45, 7) is 15.3. The van der Waals surface area contributed by atoms with Gasteiger partial charge in [0.05, 0.1) is 59.5 Å². The van der Waals surface area contributed by atoms with Gasteiger partial charge in [-0.3, -0.25) is 24.3 Å². The molecule has 2 bridgehead atoms. The summed E-state index contributed by atoms with van der Waals surface area (Å²) in [6, 6.07) is 12.7. The molecule has 0 radical (unpaired) electrons. The average molecular weight is 1230 g/mol. The van der Waals surface area contributed by atoms with Crippen LogP contribution in [0.1, 0.15) is 115 Å². The van der Waals surface area contributed by atoms with Gasteiger partial charge in [-0.05, 0) is 129 Å². The van der Waals surface area contributed by atoms with E-state index in [1.165, 1.54) is 18.2 Å². The maximum absolute atomic E-state index is 17.3. The number of carbonyl (C=O) groups is 4. The van der Waals surface area contributed by atoms with Crippen LogP contribution in [0.15, 0.2) is 60.2 Å². The number of carbonyl (C=O) groups excluding carboxylic acids is 4. The number of rotatable bonds is 23. The lowest BCUT2D eigenvalue weighted by molar-refractivity contribution is -0.144. The summed E-state index contributed by atoms with van der Waals surface area (Å²) in [6.07, 6.45) is 7.97. The quantitative estimate of drug-likeness (QED) is 0.0377. The number of phenolic OH excluding ortho intramolecular Hbond substituents is 1. The van der Waals surface area contributed by atoms with Crippen LogP contribution in [0.5, 0.6) is 11.8 Å². The van der Waals surface area contributed by atoms with E-state index in [2.05, 4.69) is 41.0 Å². The highest BCUT2D eigenvalue weighted by Crippen LogP contribution is 2.44. The molecule has 5 saturated heterocycles. The number of benzene rings is 3. The number of phenols is 1. The molecule has 5 unspecified atom stereocenters. The summed E-state index contributed by atoms with van der Waals surface area (Å²) in [5, 5.41) is 24.7. The van der Waals surface area contributed by atoms with Crippen LogP contribution in [0.25, 0.3) is 43.4 Å². The number of piperazine rings is 1. The molecule has 5 fully saturated rings. The molecule has 5 aliphatic heterocycles. The maximum Gasteiger partial charge on any atom is 0.407 e. The Bertz CT molecular complexity index is 3520. The number of nitrogens with zero attached hydrogens (tertiary/aromatic N) is 7. The van der Waals surface area contributed by atoms with Crippen LogP contribution in [0.3, 0.4) is 0 Å². The molecule has 7 atom stereocenters. The van der Waals surface area contributed by atoms with E-state index in [4.69, 9.17) is 28.9 Å². The van der Waals surface area contributed by atoms with Crippen molar-refractivity contribution < 1.29 is 52.0 Å². The number of aryl methyl sites for hydroxylation is 2. The minimum Gasteiger partial charge on any atom is -0.508 e. The van der Waals surface area contributed by atoms with E-state index >= 15 is 8.78 Å². The zero-order valence-electron chi connectivity index (χ0n) is 51.1. The largest absolute Gasteiger partial charge is 0.508 e. The molecule has 0 saturated carbocycles. The molecule has 88 heavy (non-hydrogen) atoms. The number of hydrogen-bond acceptors (Lipinski definition) is 17. The lowest BCUT2D eigenvalue weighted by Gasteiger charge is -2.35. The van der Waals surface area contributed by atoms with Crippen LogP contribution in [-0.4, -0.2) is 167 Å². The minimum absolute atomic E-state index is 0.0208. The first-order valence-electron chi connectivity index (χ1n) is 31.1. The first-order valence-corrected chi connectivity index (χ1v) is 31.9. The molecule has 4 amide bonds. The van der Waals surface area contributed by atoms with Gasteiger partial charge in [-0.1, -0.05) is 58.0 Å². The minimum atomic E-state index is -0.858. The molecule has 5 N–H and O–H groups in total. The average Bonchev–Trinajstić information content (AvgIpc) is 1.24. The van der Waals surface area contributed by atoms with E-state index in [1.807, 2.05) is 71.3 Å². The van der Waals surface area contributed by atoms with Gasteiger partial charge in [0.15, 0.2) is 5.82 Å². The number of alkyl carbamates (subject to hydrolysis) is 1. The topological polar surface area (TPSA) is 235 Å². The van der Waals surface area contributed by atoms with Gasteiger partial charge in [0.2, 0.25) is 17.7 Å².